The average molecular weight is 452 g/mol. The van der Waals surface area contributed by atoms with Gasteiger partial charge < -0.3 is 15.0 Å². The summed E-state index contributed by atoms with van der Waals surface area (Å²) in [5.74, 6) is -1.37. The molecule has 174 valence electrons. The molecule has 3 rings (SSSR count). The fraction of sp³-hybridized carbons (Fsp3) is 0.375. The zero-order valence-electron chi connectivity index (χ0n) is 19.6. The van der Waals surface area contributed by atoms with Crippen molar-refractivity contribution in [3.8, 4) is 0 Å². The van der Waals surface area contributed by atoms with Crippen LogP contribution in [0.1, 0.15) is 40.7 Å². The van der Waals surface area contributed by atoms with E-state index in [1.807, 2.05) is 32.0 Å². The van der Waals surface area contributed by atoms with E-state index < -0.39 is 18.5 Å². The normalized spacial score (nSPS) is 10.8. The van der Waals surface area contributed by atoms with E-state index in [1.165, 1.54) is 4.90 Å². The number of pyridine rings is 1. The SMILES string of the molecule is CCCN(CC(=O)Nc1ccccc1C)C(=O)COC(=O)c1cc(C)nc2c1c(C)nn2C. The fourth-order valence-electron chi connectivity index (χ4n) is 3.67. The van der Waals surface area contributed by atoms with Gasteiger partial charge in [-0.15, -0.1) is 0 Å². The Morgan fingerprint density at radius 3 is 2.58 bits per heavy atom. The van der Waals surface area contributed by atoms with Crippen molar-refractivity contribution in [2.45, 2.75) is 34.1 Å². The Morgan fingerprint density at radius 1 is 1.15 bits per heavy atom. The number of carbonyl (C=O) groups is 3. The summed E-state index contributed by atoms with van der Waals surface area (Å²) in [5, 5.41) is 7.75. The molecule has 1 N–H and O–H groups in total. The Morgan fingerprint density at radius 2 is 1.88 bits per heavy atom. The maximum atomic E-state index is 12.8. The minimum atomic E-state index is -0.629. The van der Waals surface area contributed by atoms with Gasteiger partial charge in [0.2, 0.25) is 5.91 Å². The first-order chi connectivity index (χ1) is 15.7. The molecule has 3 aromatic rings. The van der Waals surface area contributed by atoms with Crippen LogP contribution in [0.3, 0.4) is 0 Å². The van der Waals surface area contributed by atoms with Crippen molar-refractivity contribution >= 4 is 34.5 Å². The topological polar surface area (TPSA) is 106 Å². The first kappa shape index (κ1) is 23.9. The number of hydrogen-bond donors (Lipinski definition) is 1. The van der Waals surface area contributed by atoms with Crippen LogP contribution in [0.25, 0.3) is 11.0 Å². The summed E-state index contributed by atoms with van der Waals surface area (Å²) in [6.45, 7) is 7.16. The third kappa shape index (κ3) is 5.54. The molecule has 2 aromatic heterocycles. The van der Waals surface area contributed by atoms with Gasteiger partial charge in [-0.05, 0) is 44.9 Å². The van der Waals surface area contributed by atoms with E-state index in [0.717, 1.165) is 5.56 Å². The quantitative estimate of drug-likeness (QED) is 0.528. The molecule has 33 heavy (non-hydrogen) atoms. The van der Waals surface area contributed by atoms with Gasteiger partial charge in [0.1, 0.15) is 0 Å². The number of carbonyl (C=O) groups excluding carboxylic acids is 3. The van der Waals surface area contributed by atoms with Crippen LogP contribution in [-0.4, -0.2) is 57.1 Å². The van der Waals surface area contributed by atoms with Crippen molar-refractivity contribution in [3.63, 3.8) is 0 Å². The average Bonchev–Trinajstić information content (AvgIpc) is 3.05. The predicted molar refractivity (Wildman–Crippen MR) is 125 cm³/mol. The molecule has 0 unspecified atom stereocenters. The van der Waals surface area contributed by atoms with Gasteiger partial charge in [-0.3, -0.25) is 14.3 Å². The second-order valence-corrected chi connectivity index (χ2v) is 7.97. The van der Waals surface area contributed by atoms with Gasteiger partial charge in [-0.2, -0.15) is 5.10 Å². The van der Waals surface area contributed by atoms with Crippen LogP contribution < -0.4 is 5.32 Å². The number of para-hydroxylation sites is 1. The lowest BCUT2D eigenvalue weighted by Gasteiger charge is -2.21. The molecular formula is C24H29N5O4. The lowest BCUT2D eigenvalue weighted by Crippen LogP contribution is -2.40. The molecule has 0 spiro atoms. The Labute approximate surface area is 192 Å². The molecule has 2 heterocycles. The summed E-state index contributed by atoms with van der Waals surface area (Å²) in [4.78, 5) is 43.9. The molecule has 9 nitrogen and oxygen atoms in total. The number of amides is 2. The van der Waals surface area contributed by atoms with Crippen LogP contribution in [0, 0.1) is 20.8 Å². The number of ether oxygens (including phenoxy) is 1. The van der Waals surface area contributed by atoms with E-state index in [4.69, 9.17) is 4.74 Å². The van der Waals surface area contributed by atoms with Gasteiger partial charge >= 0.3 is 5.97 Å². The van der Waals surface area contributed by atoms with E-state index in [9.17, 15) is 14.4 Å². The Hall–Kier alpha value is -3.75. The number of fused-ring (bicyclic) bond motifs is 1. The number of anilines is 1. The van der Waals surface area contributed by atoms with Crippen LogP contribution in [0.2, 0.25) is 0 Å². The molecule has 0 aliphatic rings. The van der Waals surface area contributed by atoms with Crippen LogP contribution in [-0.2, 0) is 21.4 Å². The van der Waals surface area contributed by atoms with E-state index in [2.05, 4.69) is 15.4 Å². The summed E-state index contributed by atoms with van der Waals surface area (Å²) in [5.41, 5.74) is 3.81. The van der Waals surface area contributed by atoms with Crippen molar-refractivity contribution in [2.24, 2.45) is 7.05 Å². The number of hydrogen-bond acceptors (Lipinski definition) is 6. The van der Waals surface area contributed by atoms with E-state index in [0.29, 0.717) is 46.6 Å². The van der Waals surface area contributed by atoms with Crippen LogP contribution in [0.5, 0.6) is 0 Å². The van der Waals surface area contributed by atoms with Crippen molar-refractivity contribution in [3.05, 3.63) is 52.8 Å². The zero-order chi connectivity index (χ0) is 24.1. The minimum absolute atomic E-state index is 0.126. The van der Waals surface area contributed by atoms with Gasteiger partial charge in [0, 0.05) is 25.0 Å². The third-order valence-corrected chi connectivity index (χ3v) is 5.24. The van der Waals surface area contributed by atoms with Crippen LogP contribution in [0.15, 0.2) is 30.3 Å². The smallest absolute Gasteiger partial charge is 0.339 e. The van der Waals surface area contributed by atoms with Gasteiger partial charge in [0.25, 0.3) is 5.91 Å². The van der Waals surface area contributed by atoms with Crippen molar-refractivity contribution < 1.29 is 19.1 Å². The predicted octanol–water partition coefficient (Wildman–Crippen LogP) is 2.93. The second-order valence-electron chi connectivity index (χ2n) is 7.97. The molecule has 2 amide bonds. The molecule has 0 aliphatic heterocycles. The number of esters is 1. The number of aromatic nitrogens is 3. The van der Waals surface area contributed by atoms with Gasteiger partial charge in [-0.25, -0.2) is 9.78 Å². The molecule has 0 saturated heterocycles. The summed E-state index contributed by atoms with van der Waals surface area (Å²) in [6, 6.07) is 9.05. The molecule has 0 atom stereocenters. The summed E-state index contributed by atoms with van der Waals surface area (Å²) in [7, 11) is 1.75. The second kappa shape index (κ2) is 10.2. The number of aryl methyl sites for hydroxylation is 4. The fourth-order valence-corrected chi connectivity index (χ4v) is 3.67. The molecular weight excluding hydrogens is 422 g/mol. The molecule has 0 aliphatic carbocycles. The Balaban J connectivity index is 1.67. The van der Waals surface area contributed by atoms with Gasteiger partial charge in [0.05, 0.1) is 23.2 Å². The van der Waals surface area contributed by atoms with Crippen molar-refractivity contribution in [2.75, 3.05) is 25.0 Å². The molecule has 0 saturated carbocycles. The molecule has 0 fully saturated rings. The first-order valence-electron chi connectivity index (χ1n) is 10.8. The summed E-state index contributed by atoms with van der Waals surface area (Å²) in [6.07, 6.45) is 0.663. The highest BCUT2D eigenvalue weighted by Crippen LogP contribution is 2.22. The third-order valence-electron chi connectivity index (χ3n) is 5.24. The molecule has 1 aromatic carbocycles. The monoisotopic (exact) mass is 451 g/mol. The van der Waals surface area contributed by atoms with Crippen molar-refractivity contribution in [1.82, 2.24) is 19.7 Å². The summed E-state index contributed by atoms with van der Waals surface area (Å²) >= 11 is 0. The first-order valence-corrected chi connectivity index (χ1v) is 10.8. The molecule has 9 heteroatoms. The van der Waals surface area contributed by atoms with E-state index in [1.54, 1.807) is 37.7 Å². The highest BCUT2D eigenvalue weighted by atomic mass is 16.5. The van der Waals surface area contributed by atoms with Crippen LogP contribution in [0.4, 0.5) is 5.69 Å². The van der Waals surface area contributed by atoms with E-state index in [-0.39, 0.29) is 12.5 Å². The number of benzene rings is 1. The largest absolute Gasteiger partial charge is 0.452 e. The highest BCUT2D eigenvalue weighted by Gasteiger charge is 2.22. The Kier molecular flexibility index (Phi) is 7.42. The summed E-state index contributed by atoms with van der Waals surface area (Å²) < 4.78 is 6.94. The maximum Gasteiger partial charge on any atom is 0.339 e. The standard InChI is InChI=1S/C24H29N5O4/c1-6-11-29(13-20(30)26-19-10-8-7-9-15(19)2)21(31)14-33-24(32)18-12-16(3)25-23-22(18)17(4)27-28(23)5/h7-10,12H,6,11,13-14H2,1-5H3,(H,26,30). The lowest BCUT2D eigenvalue weighted by molar-refractivity contribution is -0.137. The number of nitrogens with zero attached hydrogens (tertiary/aromatic N) is 4. The van der Waals surface area contributed by atoms with Crippen LogP contribution >= 0.6 is 0 Å². The van der Waals surface area contributed by atoms with E-state index >= 15 is 0 Å². The Bertz CT molecular complexity index is 1200. The van der Waals surface area contributed by atoms with Gasteiger partial charge in [0.15, 0.2) is 12.3 Å². The molecule has 0 bridgehead atoms. The van der Waals surface area contributed by atoms with Gasteiger partial charge in [-0.1, -0.05) is 25.1 Å². The zero-order valence-corrected chi connectivity index (χ0v) is 19.6. The molecule has 0 radical (unpaired) electrons. The lowest BCUT2D eigenvalue weighted by atomic mass is 10.1. The number of nitrogens with one attached hydrogen (secondary N) is 1. The maximum absolute atomic E-state index is 12.8. The highest BCUT2D eigenvalue weighted by molar-refractivity contribution is 6.04. The minimum Gasteiger partial charge on any atom is -0.452 e. The number of rotatable bonds is 8. The van der Waals surface area contributed by atoms with Crippen molar-refractivity contribution in [1.29, 1.82) is 0 Å².